The molecular formula is C12H18ClN3. The number of hydrogen-bond donors (Lipinski definition) is 0. The van der Waals surface area contributed by atoms with Gasteiger partial charge in [0.15, 0.2) is 0 Å². The number of likely N-dealkylation sites (N-methyl/N-ethyl adjacent to an activating group) is 1. The van der Waals surface area contributed by atoms with Crippen molar-refractivity contribution >= 4 is 11.6 Å². The summed E-state index contributed by atoms with van der Waals surface area (Å²) in [4.78, 5) is 8.84. The number of aromatic nitrogens is 1. The summed E-state index contributed by atoms with van der Waals surface area (Å²) in [6, 6.07) is 4.68. The molecule has 2 rings (SSSR count). The molecule has 0 saturated carbocycles. The minimum Gasteiger partial charge on any atom is -0.305 e. The molecule has 1 aliphatic rings. The first-order valence-electron chi connectivity index (χ1n) is 5.65. The first-order chi connectivity index (χ1) is 7.66. The smallest absolute Gasteiger partial charge is 0.133 e. The van der Waals surface area contributed by atoms with Crippen molar-refractivity contribution in [1.29, 1.82) is 0 Å². The van der Waals surface area contributed by atoms with Crippen LogP contribution < -0.4 is 0 Å². The van der Waals surface area contributed by atoms with Crippen LogP contribution in [0.3, 0.4) is 0 Å². The van der Waals surface area contributed by atoms with E-state index in [1.165, 1.54) is 6.42 Å². The minimum absolute atomic E-state index is 0.635. The van der Waals surface area contributed by atoms with Gasteiger partial charge in [-0.3, -0.25) is 4.90 Å². The molecular weight excluding hydrogens is 222 g/mol. The SMILES string of the molecule is CN(C)C1CCN(Cc2cccnc2Cl)C1. The summed E-state index contributed by atoms with van der Waals surface area (Å²) in [5.74, 6) is 0. The third-order valence-corrected chi connectivity index (χ3v) is 3.55. The molecule has 0 radical (unpaired) electrons. The van der Waals surface area contributed by atoms with Gasteiger partial charge in [0.1, 0.15) is 5.15 Å². The summed E-state index contributed by atoms with van der Waals surface area (Å²) in [5, 5.41) is 0.635. The number of nitrogens with zero attached hydrogens (tertiary/aromatic N) is 3. The fourth-order valence-corrected chi connectivity index (χ4v) is 2.33. The molecule has 1 saturated heterocycles. The molecule has 1 aromatic rings. The highest BCUT2D eigenvalue weighted by Gasteiger charge is 2.24. The average molecular weight is 240 g/mol. The second-order valence-corrected chi connectivity index (χ2v) is 4.95. The van der Waals surface area contributed by atoms with E-state index in [0.717, 1.165) is 25.2 Å². The Bertz CT molecular complexity index is 354. The van der Waals surface area contributed by atoms with E-state index in [1.54, 1.807) is 6.20 Å². The van der Waals surface area contributed by atoms with Crippen molar-refractivity contribution in [2.45, 2.75) is 19.0 Å². The monoisotopic (exact) mass is 239 g/mol. The van der Waals surface area contributed by atoms with Gasteiger partial charge in [-0.2, -0.15) is 0 Å². The lowest BCUT2D eigenvalue weighted by Gasteiger charge is -2.20. The van der Waals surface area contributed by atoms with Crippen LogP contribution in [0.2, 0.25) is 5.15 Å². The van der Waals surface area contributed by atoms with Crippen molar-refractivity contribution in [3.8, 4) is 0 Å². The lowest BCUT2D eigenvalue weighted by atomic mass is 10.2. The van der Waals surface area contributed by atoms with E-state index < -0.39 is 0 Å². The van der Waals surface area contributed by atoms with E-state index in [2.05, 4.69) is 34.9 Å². The molecule has 4 heteroatoms. The molecule has 3 nitrogen and oxygen atoms in total. The summed E-state index contributed by atoms with van der Waals surface area (Å²) in [7, 11) is 4.29. The highest BCUT2D eigenvalue weighted by atomic mass is 35.5. The van der Waals surface area contributed by atoms with Gasteiger partial charge in [-0.15, -0.1) is 0 Å². The molecule has 0 bridgehead atoms. The predicted molar refractivity (Wildman–Crippen MR) is 66.6 cm³/mol. The molecule has 0 spiro atoms. The van der Waals surface area contributed by atoms with Crippen molar-refractivity contribution in [2.75, 3.05) is 27.2 Å². The van der Waals surface area contributed by atoms with Crippen molar-refractivity contribution in [3.63, 3.8) is 0 Å². The molecule has 0 aromatic carbocycles. The fourth-order valence-electron chi connectivity index (χ4n) is 2.16. The Hall–Kier alpha value is -0.640. The number of halogens is 1. The van der Waals surface area contributed by atoms with Crippen LogP contribution >= 0.6 is 11.6 Å². The summed E-state index contributed by atoms with van der Waals surface area (Å²) in [5.41, 5.74) is 1.13. The fraction of sp³-hybridized carbons (Fsp3) is 0.583. The number of pyridine rings is 1. The van der Waals surface area contributed by atoms with Gasteiger partial charge in [0.2, 0.25) is 0 Å². The zero-order chi connectivity index (χ0) is 11.5. The van der Waals surface area contributed by atoms with Crippen molar-refractivity contribution < 1.29 is 0 Å². The molecule has 88 valence electrons. The standard InChI is InChI=1S/C12H18ClN3/c1-15(2)11-5-7-16(9-11)8-10-4-3-6-14-12(10)13/h3-4,6,11H,5,7-9H2,1-2H3. The highest BCUT2D eigenvalue weighted by Crippen LogP contribution is 2.19. The van der Waals surface area contributed by atoms with Crippen LogP contribution in [0.5, 0.6) is 0 Å². The van der Waals surface area contributed by atoms with Gasteiger partial charge in [-0.05, 0) is 26.6 Å². The van der Waals surface area contributed by atoms with E-state index in [4.69, 9.17) is 11.6 Å². The van der Waals surface area contributed by atoms with Crippen molar-refractivity contribution in [3.05, 3.63) is 29.0 Å². The van der Waals surface area contributed by atoms with Gasteiger partial charge in [-0.25, -0.2) is 4.98 Å². The Kier molecular flexibility index (Phi) is 3.79. The van der Waals surface area contributed by atoms with Crippen LogP contribution in [0.4, 0.5) is 0 Å². The van der Waals surface area contributed by atoms with Crippen LogP contribution in [0.1, 0.15) is 12.0 Å². The summed E-state index contributed by atoms with van der Waals surface area (Å²) in [6.07, 6.45) is 2.98. The Morgan fingerprint density at radius 3 is 3.00 bits per heavy atom. The molecule has 1 aromatic heterocycles. The maximum Gasteiger partial charge on any atom is 0.133 e. The van der Waals surface area contributed by atoms with Gasteiger partial charge in [0.25, 0.3) is 0 Å². The summed E-state index contributed by atoms with van der Waals surface area (Å²) < 4.78 is 0. The topological polar surface area (TPSA) is 19.4 Å². The Morgan fingerprint density at radius 1 is 1.56 bits per heavy atom. The molecule has 1 atom stereocenters. The largest absolute Gasteiger partial charge is 0.305 e. The quantitative estimate of drug-likeness (QED) is 0.751. The van der Waals surface area contributed by atoms with Crippen LogP contribution in [0, 0.1) is 0 Å². The molecule has 1 unspecified atom stereocenters. The second kappa shape index (κ2) is 5.13. The van der Waals surface area contributed by atoms with Crippen LogP contribution in [-0.4, -0.2) is 48.0 Å². The van der Waals surface area contributed by atoms with E-state index in [-0.39, 0.29) is 0 Å². The van der Waals surface area contributed by atoms with Crippen molar-refractivity contribution in [2.24, 2.45) is 0 Å². The Morgan fingerprint density at radius 2 is 2.38 bits per heavy atom. The normalized spacial score (nSPS) is 21.9. The van der Waals surface area contributed by atoms with Gasteiger partial charge < -0.3 is 4.90 Å². The first-order valence-corrected chi connectivity index (χ1v) is 6.03. The van der Waals surface area contributed by atoms with E-state index >= 15 is 0 Å². The second-order valence-electron chi connectivity index (χ2n) is 4.59. The molecule has 16 heavy (non-hydrogen) atoms. The first kappa shape index (κ1) is 11.8. The molecule has 0 aliphatic carbocycles. The molecule has 0 N–H and O–H groups in total. The third kappa shape index (κ3) is 2.73. The maximum absolute atomic E-state index is 6.05. The molecule has 0 amide bonds. The summed E-state index contributed by atoms with van der Waals surface area (Å²) >= 11 is 6.05. The van der Waals surface area contributed by atoms with Crippen LogP contribution in [-0.2, 0) is 6.54 Å². The maximum atomic E-state index is 6.05. The number of rotatable bonds is 3. The van der Waals surface area contributed by atoms with Gasteiger partial charge >= 0.3 is 0 Å². The number of hydrogen-bond acceptors (Lipinski definition) is 3. The minimum atomic E-state index is 0.635. The lowest BCUT2D eigenvalue weighted by Crippen LogP contribution is -2.31. The molecule has 1 aliphatic heterocycles. The van der Waals surface area contributed by atoms with Crippen LogP contribution in [0.25, 0.3) is 0 Å². The molecule has 2 heterocycles. The predicted octanol–water partition coefficient (Wildman–Crippen LogP) is 1.87. The molecule has 1 fully saturated rings. The van der Waals surface area contributed by atoms with Crippen LogP contribution in [0.15, 0.2) is 18.3 Å². The van der Waals surface area contributed by atoms with Crippen molar-refractivity contribution in [1.82, 2.24) is 14.8 Å². The Labute approximate surface area is 102 Å². The average Bonchev–Trinajstić information content (AvgIpc) is 2.70. The zero-order valence-corrected chi connectivity index (χ0v) is 10.6. The Balaban J connectivity index is 1.95. The number of likely N-dealkylation sites (tertiary alicyclic amines) is 1. The lowest BCUT2D eigenvalue weighted by molar-refractivity contribution is 0.264. The van der Waals surface area contributed by atoms with Gasteiger partial charge in [0, 0.05) is 37.4 Å². The zero-order valence-electron chi connectivity index (χ0n) is 9.86. The van der Waals surface area contributed by atoms with Gasteiger partial charge in [0.05, 0.1) is 0 Å². The summed E-state index contributed by atoms with van der Waals surface area (Å²) in [6.45, 7) is 3.18. The van der Waals surface area contributed by atoms with Gasteiger partial charge in [-0.1, -0.05) is 17.7 Å². The van der Waals surface area contributed by atoms with E-state index in [9.17, 15) is 0 Å². The highest BCUT2D eigenvalue weighted by molar-refractivity contribution is 6.30. The van der Waals surface area contributed by atoms with E-state index in [0.29, 0.717) is 11.2 Å². The third-order valence-electron chi connectivity index (χ3n) is 3.21. The van der Waals surface area contributed by atoms with E-state index in [1.807, 2.05) is 6.07 Å².